The Labute approximate surface area is 161 Å². The molecule has 2 aromatic carbocycles. The highest BCUT2D eigenvalue weighted by atomic mass is 35.5. The average molecular weight is 409 g/mol. The van der Waals surface area contributed by atoms with Crippen LogP contribution in [0.4, 0.5) is 0 Å². The number of rotatable bonds is 5. The molecule has 9 heteroatoms. The highest BCUT2D eigenvalue weighted by molar-refractivity contribution is 7.89. The number of sulfonamides is 1. The maximum atomic E-state index is 12.2. The summed E-state index contributed by atoms with van der Waals surface area (Å²) in [4.78, 5) is 2.28. The van der Waals surface area contributed by atoms with Gasteiger partial charge in [-0.15, -0.1) is 0 Å². The minimum Gasteiger partial charge on any atom is -0.221 e. The predicted molar refractivity (Wildman–Crippen MR) is 103 cm³/mol. The molecule has 0 radical (unpaired) electrons. The minimum absolute atomic E-state index is 0.120. The Morgan fingerprint density at radius 1 is 1.12 bits per heavy atom. The van der Waals surface area contributed by atoms with Crippen LogP contribution in [0.1, 0.15) is 11.3 Å². The fraction of sp³-hybridized carbons (Fsp3) is 0.0588. The number of nitrogens with zero attached hydrogens (tertiary/aromatic N) is 3. The van der Waals surface area contributed by atoms with E-state index in [2.05, 4.69) is 15.0 Å². The van der Waals surface area contributed by atoms with Crippen molar-refractivity contribution in [2.45, 2.75) is 11.8 Å². The second-order valence-electron chi connectivity index (χ2n) is 5.35. The van der Waals surface area contributed by atoms with Crippen LogP contribution in [-0.2, 0) is 10.0 Å². The van der Waals surface area contributed by atoms with Crippen LogP contribution in [0.25, 0.3) is 5.69 Å². The van der Waals surface area contributed by atoms with Gasteiger partial charge in [0.05, 0.1) is 28.1 Å². The molecule has 0 unspecified atom stereocenters. The lowest BCUT2D eigenvalue weighted by Crippen LogP contribution is -2.18. The largest absolute Gasteiger partial charge is 0.276 e. The van der Waals surface area contributed by atoms with Gasteiger partial charge in [0.2, 0.25) is 0 Å². The number of nitrogens with one attached hydrogen (secondary N) is 1. The molecule has 1 N–H and O–H groups in total. The smallest absolute Gasteiger partial charge is 0.221 e. The van der Waals surface area contributed by atoms with Crippen molar-refractivity contribution in [1.82, 2.24) is 14.6 Å². The lowest BCUT2D eigenvalue weighted by Gasteiger charge is -2.03. The number of benzene rings is 2. The Bertz CT molecular complexity index is 1060. The van der Waals surface area contributed by atoms with Crippen molar-refractivity contribution in [2.75, 3.05) is 0 Å². The number of hydrogen-bond acceptors (Lipinski definition) is 4. The molecule has 6 nitrogen and oxygen atoms in total. The molecular formula is C17H14Cl2N4O2S. The van der Waals surface area contributed by atoms with Gasteiger partial charge in [0.15, 0.2) is 0 Å². The van der Waals surface area contributed by atoms with Gasteiger partial charge in [-0.2, -0.15) is 18.6 Å². The predicted octanol–water partition coefficient (Wildman–Crippen LogP) is 3.80. The average Bonchev–Trinajstić information content (AvgIpc) is 2.90. The molecule has 0 atom stereocenters. The van der Waals surface area contributed by atoms with Crippen molar-refractivity contribution in [1.29, 1.82) is 0 Å². The van der Waals surface area contributed by atoms with Crippen LogP contribution in [0, 0.1) is 6.92 Å². The van der Waals surface area contributed by atoms with E-state index in [-0.39, 0.29) is 4.90 Å². The van der Waals surface area contributed by atoms with Gasteiger partial charge in [0.1, 0.15) is 5.15 Å². The van der Waals surface area contributed by atoms with Crippen LogP contribution < -0.4 is 4.83 Å². The van der Waals surface area contributed by atoms with Crippen molar-refractivity contribution in [3.8, 4) is 5.69 Å². The van der Waals surface area contributed by atoms with E-state index >= 15 is 0 Å². The zero-order valence-corrected chi connectivity index (χ0v) is 15.9. The first kappa shape index (κ1) is 18.4. The molecule has 3 rings (SSSR count). The van der Waals surface area contributed by atoms with Crippen LogP contribution in [-0.4, -0.2) is 24.4 Å². The molecule has 0 aliphatic heterocycles. The summed E-state index contributed by atoms with van der Waals surface area (Å²) in [7, 11) is -3.74. The molecule has 0 saturated heterocycles. The van der Waals surface area contributed by atoms with Crippen molar-refractivity contribution in [2.24, 2.45) is 5.10 Å². The number of hydrogen-bond donors (Lipinski definition) is 1. The highest BCUT2D eigenvalue weighted by Crippen LogP contribution is 2.23. The van der Waals surface area contributed by atoms with Gasteiger partial charge in [-0.05, 0) is 37.3 Å². The number of aromatic nitrogens is 2. The van der Waals surface area contributed by atoms with Crippen LogP contribution in [0.5, 0.6) is 0 Å². The molecule has 0 aliphatic rings. The first-order valence-electron chi connectivity index (χ1n) is 7.49. The Balaban J connectivity index is 1.86. The third kappa shape index (κ3) is 3.90. The van der Waals surface area contributed by atoms with E-state index in [4.69, 9.17) is 23.2 Å². The molecule has 0 amide bonds. The van der Waals surface area contributed by atoms with Gasteiger partial charge in [-0.25, -0.2) is 9.51 Å². The molecule has 0 bridgehead atoms. The summed E-state index contributed by atoms with van der Waals surface area (Å²) in [5.74, 6) is 0. The summed E-state index contributed by atoms with van der Waals surface area (Å²) in [6.07, 6.45) is 1.33. The van der Waals surface area contributed by atoms with E-state index in [0.717, 1.165) is 0 Å². The summed E-state index contributed by atoms with van der Waals surface area (Å²) < 4.78 is 25.8. The normalized spacial score (nSPS) is 11.8. The molecule has 0 fully saturated rings. The third-order valence-corrected chi connectivity index (χ3v) is 5.36. The standard InChI is InChI=1S/C17H14Cl2N4O2S/c1-12-16(11-20-22-26(24,25)15-8-3-2-4-9-15)17(19)23(21-12)14-7-5-6-13(18)10-14/h2-11,22H,1H3. The van der Waals surface area contributed by atoms with E-state index in [0.29, 0.717) is 27.1 Å². The minimum atomic E-state index is -3.74. The molecule has 3 aromatic rings. The Kier molecular flexibility index (Phi) is 5.31. The summed E-state index contributed by atoms with van der Waals surface area (Å²) >= 11 is 12.4. The molecule has 1 aromatic heterocycles. The van der Waals surface area contributed by atoms with Gasteiger partial charge in [0, 0.05) is 5.02 Å². The number of aryl methyl sites for hydroxylation is 1. The van der Waals surface area contributed by atoms with Crippen molar-refractivity contribution in [3.63, 3.8) is 0 Å². The van der Waals surface area contributed by atoms with Crippen molar-refractivity contribution < 1.29 is 8.42 Å². The molecule has 134 valence electrons. The Morgan fingerprint density at radius 3 is 2.54 bits per heavy atom. The van der Waals surface area contributed by atoms with Gasteiger partial charge in [0.25, 0.3) is 10.0 Å². The Morgan fingerprint density at radius 2 is 1.85 bits per heavy atom. The topological polar surface area (TPSA) is 76.3 Å². The zero-order valence-electron chi connectivity index (χ0n) is 13.6. The molecule has 0 aliphatic carbocycles. The summed E-state index contributed by atoms with van der Waals surface area (Å²) in [5.41, 5.74) is 1.79. The van der Waals surface area contributed by atoms with Gasteiger partial charge >= 0.3 is 0 Å². The van der Waals surface area contributed by atoms with E-state index < -0.39 is 10.0 Å². The second-order valence-corrected chi connectivity index (χ2v) is 7.80. The second kappa shape index (κ2) is 7.49. The SMILES string of the molecule is Cc1nn(-c2cccc(Cl)c2)c(Cl)c1C=NNS(=O)(=O)c1ccccc1. The molecule has 0 saturated carbocycles. The zero-order chi connectivity index (χ0) is 18.7. The van der Waals surface area contributed by atoms with Gasteiger partial charge in [-0.3, -0.25) is 0 Å². The van der Waals surface area contributed by atoms with Crippen LogP contribution in [0.15, 0.2) is 64.6 Å². The molecule has 0 spiro atoms. The first-order chi connectivity index (χ1) is 12.4. The van der Waals surface area contributed by atoms with E-state index in [1.54, 1.807) is 43.3 Å². The first-order valence-corrected chi connectivity index (χ1v) is 9.73. The lowest BCUT2D eigenvalue weighted by atomic mass is 10.3. The number of hydrazone groups is 1. The molecular weight excluding hydrogens is 395 g/mol. The quantitative estimate of drug-likeness (QED) is 0.515. The van der Waals surface area contributed by atoms with E-state index in [9.17, 15) is 8.42 Å². The lowest BCUT2D eigenvalue weighted by molar-refractivity contribution is 0.584. The fourth-order valence-corrected chi connectivity index (χ4v) is 3.57. The molecule has 1 heterocycles. The van der Waals surface area contributed by atoms with Crippen LogP contribution in [0.2, 0.25) is 10.2 Å². The summed E-state index contributed by atoms with van der Waals surface area (Å²) in [6, 6.07) is 15.0. The van der Waals surface area contributed by atoms with Crippen LogP contribution >= 0.6 is 23.2 Å². The summed E-state index contributed by atoms with van der Waals surface area (Å²) in [6.45, 7) is 1.75. The third-order valence-electron chi connectivity index (χ3n) is 3.52. The monoisotopic (exact) mass is 408 g/mol. The maximum absolute atomic E-state index is 12.2. The van der Waals surface area contributed by atoms with Crippen LogP contribution in [0.3, 0.4) is 0 Å². The van der Waals surface area contributed by atoms with E-state index in [1.165, 1.54) is 23.0 Å². The number of halogens is 2. The van der Waals surface area contributed by atoms with E-state index in [1.807, 2.05) is 6.07 Å². The summed E-state index contributed by atoms with van der Waals surface area (Å²) in [5, 5.41) is 9.01. The van der Waals surface area contributed by atoms with Crippen molar-refractivity contribution in [3.05, 3.63) is 76.0 Å². The van der Waals surface area contributed by atoms with Crippen molar-refractivity contribution >= 4 is 39.4 Å². The maximum Gasteiger partial charge on any atom is 0.276 e. The van der Waals surface area contributed by atoms with Gasteiger partial charge in [-0.1, -0.05) is 47.5 Å². The molecule has 26 heavy (non-hydrogen) atoms. The fourth-order valence-electron chi connectivity index (χ4n) is 2.25. The van der Waals surface area contributed by atoms with Gasteiger partial charge < -0.3 is 0 Å². The Hall–Kier alpha value is -2.35. The highest BCUT2D eigenvalue weighted by Gasteiger charge is 2.15.